The van der Waals surface area contributed by atoms with Gasteiger partial charge < -0.3 is 9.47 Å². The van der Waals surface area contributed by atoms with E-state index >= 15 is 0 Å². The maximum Gasteiger partial charge on any atom is 0.212 e. The number of nitrogens with zero attached hydrogens (tertiary/aromatic N) is 1. The highest BCUT2D eigenvalue weighted by Crippen LogP contribution is 2.31. The molecule has 3 rings (SSSR count). The van der Waals surface area contributed by atoms with Gasteiger partial charge >= 0.3 is 0 Å². The molecule has 0 radical (unpaired) electrons. The fourth-order valence-electron chi connectivity index (χ4n) is 1.78. The Morgan fingerprint density at radius 3 is 2.83 bits per heavy atom. The lowest BCUT2D eigenvalue weighted by Crippen LogP contribution is -2.02. The summed E-state index contributed by atoms with van der Waals surface area (Å²) in [6, 6.07) is 5.25. The van der Waals surface area contributed by atoms with Gasteiger partial charge in [-0.25, -0.2) is 4.98 Å². The minimum Gasteiger partial charge on any atom is -0.490 e. The normalized spacial score (nSPS) is 14.0. The first-order valence-corrected chi connectivity index (χ1v) is 6.61. The maximum absolute atomic E-state index is 12.1. The molecule has 0 fully saturated rings. The number of aromatic nitrogens is 1. The molecule has 2 aromatic rings. The Balaban J connectivity index is 1.94. The lowest BCUT2D eigenvalue weighted by molar-refractivity contribution is 0.103. The standard InChI is InChI=1S/C13H11NO3S/c15-13(10-7-18-8-14-10)9-2-3-11-12(6-9)17-5-1-4-16-11/h2-3,6-8H,1,4-5H2. The third kappa shape index (κ3) is 2.09. The number of ether oxygens (including phenoxy) is 2. The summed E-state index contributed by atoms with van der Waals surface area (Å²) in [6.45, 7) is 1.26. The number of fused-ring (bicyclic) bond motifs is 1. The lowest BCUT2D eigenvalue weighted by Gasteiger charge is -2.08. The molecule has 1 aliphatic rings. The van der Waals surface area contributed by atoms with Crippen LogP contribution in [-0.2, 0) is 0 Å². The molecule has 5 heteroatoms. The largest absolute Gasteiger partial charge is 0.490 e. The number of carbonyl (C=O) groups is 1. The lowest BCUT2D eigenvalue weighted by atomic mass is 10.1. The van der Waals surface area contributed by atoms with E-state index in [1.807, 2.05) is 0 Å². The second-order valence-corrected chi connectivity index (χ2v) is 4.63. The average molecular weight is 261 g/mol. The zero-order chi connectivity index (χ0) is 12.4. The van der Waals surface area contributed by atoms with Crippen LogP contribution < -0.4 is 9.47 Å². The molecule has 0 saturated heterocycles. The van der Waals surface area contributed by atoms with E-state index in [9.17, 15) is 4.79 Å². The molecule has 0 spiro atoms. The van der Waals surface area contributed by atoms with E-state index in [0.717, 1.165) is 6.42 Å². The van der Waals surface area contributed by atoms with Crippen molar-refractivity contribution in [2.24, 2.45) is 0 Å². The number of benzene rings is 1. The van der Waals surface area contributed by atoms with Crippen molar-refractivity contribution in [2.45, 2.75) is 6.42 Å². The van der Waals surface area contributed by atoms with E-state index in [2.05, 4.69) is 4.98 Å². The highest BCUT2D eigenvalue weighted by Gasteiger charge is 2.16. The monoisotopic (exact) mass is 261 g/mol. The van der Waals surface area contributed by atoms with Gasteiger partial charge in [-0.05, 0) is 18.2 Å². The molecular weight excluding hydrogens is 250 g/mol. The van der Waals surface area contributed by atoms with Gasteiger partial charge in [0.15, 0.2) is 11.5 Å². The number of carbonyl (C=O) groups excluding carboxylic acids is 1. The molecule has 0 saturated carbocycles. The zero-order valence-electron chi connectivity index (χ0n) is 9.59. The molecule has 18 heavy (non-hydrogen) atoms. The third-order valence-corrected chi connectivity index (χ3v) is 3.26. The summed E-state index contributed by atoms with van der Waals surface area (Å²) in [4.78, 5) is 16.1. The van der Waals surface area contributed by atoms with E-state index in [1.54, 1.807) is 29.1 Å². The second kappa shape index (κ2) is 4.78. The topological polar surface area (TPSA) is 48.4 Å². The van der Waals surface area contributed by atoms with Crippen LogP contribution in [0.15, 0.2) is 29.1 Å². The predicted molar refractivity (Wildman–Crippen MR) is 67.6 cm³/mol. The van der Waals surface area contributed by atoms with Crippen LogP contribution in [0, 0.1) is 0 Å². The molecule has 92 valence electrons. The molecule has 1 aromatic carbocycles. The van der Waals surface area contributed by atoms with Crippen LogP contribution in [0.25, 0.3) is 0 Å². The Bertz CT molecular complexity index is 566. The van der Waals surface area contributed by atoms with Crippen LogP contribution >= 0.6 is 11.3 Å². The zero-order valence-corrected chi connectivity index (χ0v) is 10.4. The Morgan fingerprint density at radius 2 is 2.06 bits per heavy atom. The van der Waals surface area contributed by atoms with Crippen LogP contribution in [-0.4, -0.2) is 24.0 Å². The predicted octanol–water partition coefficient (Wildman–Crippen LogP) is 2.54. The molecule has 0 bridgehead atoms. The van der Waals surface area contributed by atoms with Gasteiger partial charge in [-0.2, -0.15) is 0 Å². The average Bonchev–Trinajstić information content (AvgIpc) is 2.83. The number of ketones is 1. The Hall–Kier alpha value is -1.88. The van der Waals surface area contributed by atoms with Crippen molar-refractivity contribution in [3.63, 3.8) is 0 Å². The van der Waals surface area contributed by atoms with Gasteiger partial charge in [-0.1, -0.05) is 0 Å². The summed E-state index contributed by atoms with van der Waals surface area (Å²) < 4.78 is 11.1. The Morgan fingerprint density at radius 1 is 1.22 bits per heavy atom. The fraction of sp³-hybridized carbons (Fsp3) is 0.231. The quantitative estimate of drug-likeness (QED) is 0.779. The van der Waals surface area contributed by atoms with Gasteiger partial charge in [-0.15, -0.1) is 11.3 Å². The minimum absolute atomic E-state index is 0.0908. The number of hydrogen-bond donors (Lipinski definition) is 0. The van der Waals surface area contributed by atoms with E-state index in [4.69, 9.17) is 9.47 Å². The summed E-state index contributed by atoms with van der Waals surface area (Å²) in [5, 5.41) is 1.74. The molecular formula is C13H11NO3S. The first-order valence-electron chi connectivity index (χ1n) is 5.67. The SMILES string of the molecule is O=C(c1ccc2c(c1)OCCCO2)c1cscn1. The molecule has 1 aliphatic heterocycles. The highest BCUT2D eigenvalue weighted by atomic mass is 32.1. The van der Waals surface area contributed by atoms with Crippen molar-refractivity contribution in [2.75, 3.05) is 13.2 Å². The maximum atomic E-state index is 12.1. The first kappa shape index (κ1) is 11.2. The van der Waals surface area contributed by atoms with Crippen molar-refractivity contribution in [3.05, 3.63) is 40.3 Å². The second-order valence-electron chi connectivity index (χ2n) is 3.91. The van der Waals surface area contributed by atoms with Crippen LogP contribution in [0.2, 0.25) is 0 Å². The summed E-state index contributed by atoms with van der Waals surface area (Å²) >= 11 is 1.41. The van der Waals surface area contributed by atoms with Crippen molar-refractivity contribution in [3.8, 4) is 11.5 Å². The van der Waals surface area contributed by atoms with Crippen molar-refractivity contribution >= 4 is 17.1 Å². The Kier molecular flexibility index (Phi) is 2.98. The van der Waals surface area contributed by atoms with Crippen molar-refractivity contribution in [1.29, 1.82) is 0 Å². The summed E-state index contributed by atoms with van der Waals surface area (Å²) in [7, 11) is 0. The van der Waals surface area contributed by atoms with Crippen molar-refractivity contribution < 1.29 is 14.3 Å². The Labute approximate surface area is 108 Å². The van der Waals surface area contributed by atoms with E-state index < -0.39 is 0 Å². The molecule has 0 aliphatic carbocycles. The van der Waals surface area contributed by atoms with Crippen molar-refractivity contribution in [1.82, 2.24) is 4.98 Å². The van der Waals surface area contributed by atoms with Gasteiger partial charge in [-0.3, -0.25) is 4.79 Å². The molecule has 0 atom stereocenters. The smallest absolute Gasteiger partial charge is 0.212 e. The van der Waals surface area contributed by atoms with Gasteiger partial charge in [0, 0.05) is 17.4 Å². The van der Waals surface area contributed by atoms with Gasteiger partial charge in [0.25, 0.3) is 0 Å². The fourth-order valence-corrected chi connectivity index (χ4v) is 2.31. The van der Waals surface area contributed by atoms with Crippen LogP contribution in [0.4, 0.5) is 0 Å². The number of rotatable bonds is 2. The summed E-state index contributed by atoms with van der Waals surface area (Å²) in [6.07, 6.45) is 0.851. The first-order chi connectivity index (χ1) is 8.84. The summed E-state index contributed by atoms with van der Waals surface area (Å²) in [5.41, 5.74) is 2.69. The number of thiazole rings is 1. The summed E-state index contributed by atoms with van der Waals surface area (Å²) in [5.74, 6) is 1.24. The molecule has 0 N–H and O–H groups in total. The molecule has 0 unspecified atom stereocenters. The van der Waals surface area contributed by atoms with Gasteiger partial charge in [0.05, 0.1) is 18.7 Å². The van der Waals surface area contributed by atoms with Crippen LogP contribution in [0.3, 0.4) is 0 Å². The van der Waals surface area contributed by atoms with E-state index in [1.165, 1.54) is 11.3 Å². The number of hydrogen-bond acceptors (Lipinski definition) is 5. The molecule has 0 amide bonds. The van der Waals surface area contributed by atoms with Gasteiger partial charge in [0.2, 0.25) is 5.78 Å². The molecule has 1 aromatic heterocycles. The van der Waals surface area contributed by atoms with Crippen LogP contribution in [0.1, 0.15) is 22.5 Å². The minimum atomic E-state index is -0.0908. The molecule has 4 nitrogen and oxygen atoms in total. The van der Waals surface area contributed by atoms with Crippen LogP contribution in [0.5, 0.6) is 11.5 Å². The van der Waals surface area contributed by atoms with E-state index in [-0.39, 0.29) is 5.78 Å². The van der Waals surface area contributed by atoms with Gasteiger partial charge in [0.1, 0.15) is 5.69 Å². The molecule has 2 heterocycles. The van der Waals surface area contributed by atoms with E-state index in [0.29, 0.717) is 36.0 Å². The third-order valence-electron chi connectivity index (χ3n) is 2.67. The highest BCUT2D eigenvalue weighted by molar-refractivity contribution is 7.07.